The molecule has 0 radical (unpaired) electrons. The SMILES string of the molecule is CC1(C)OB(CCCC2C3CN(S(C)(=O)=O)CC3CC2(N=[N+]=[N-])C(=O)OCc2ccccc2)OC1(C)C. The van der Waals surface area contributed by atoms with Crippen LogP contribution in [0.3, 0.4) is 0 Å². The highest BCUT2D eigenvalue weighted by Crippen LogP contribution is 2.53. The minimum atomic E-state index is -3.37. The molecule has 2 aliphatic heterocycles. The topological polar surface area (TPSA) is 131 Å². The Hall–Kier alpha value is -2.11. The molecule has 1 saturated carbocycles. The third kappa shape index (κ3) is 5.54. The maximum absolute atomic E-state index is 13.6. The van der Waals surface area contributed by atoms with Gasteiger partial charge in [-0.05, 0) is 75.7 Å². The van der Waals surface area contributed by atoms with E-state index in [4.69, 9.17) is 14.0 Å². The monoisotopic (exact) mass is 532 g/mol. The molecule has 2 saturated heterocycles. The van der Waals surface area contributed by atoms with Gasteiger partial charge in [-0.1, -0.05) is 41.9 Å². The van der Waals surface area contributed by atoms with Gasteiger partial charge in [0.15, 0.2) is 0 Å². The Kier molecular flexibility index (Phi) is 7.71. The van der Waals surface area contributed by atoms with Crippen molar-refractivity contribution in [3.8, 4) is 0 Å². The van der Waals surface area contributed by atoms with E-state index in [9.17, 15) is 18.7 Å². The Morgan fingerprint density at radius 2 is 1.84 bits per heavy atom. The minimum absolute atomic E-state index is 0.0772. The second kappa shape index (κ2) is 10.2. The Labute approximate surface area is 219 Å². The molecule has 2 heterocycles. The van der Waals surface area contributed by atoms with Crippen molar-refractivity contribution in [3.05, 3.63) is 46.3 Å². The summed E-state index contributed by atoms with van der Waals surface area (Å²) in [7, 11) is -3.75. The van der Waals surface area contributed by atoms with Crippen LogP contribution in [0.15, 0.2) is 35.4 Å². The standard InChI is InChI=1S/C25H37BN4O6S/c1-23(2)24(3,4)36-26(35-23)13-9-12-21-20-16-30(37(5,32)33)15-19(20)14-25(21,28-29-27)22(31)34-17-18-10-7-6-8-11-18/h6-8,10-11,19-21H,9,12-17H2,1-5H3. The number of azide groups is 1. The van der Waals surface area contributed by atoms with Gasteiger partial charge in [-0.15, -0.1) is 0 Å². The second-order valence-corrected chi connectivity index (χ2v) is 13.6. The number of esters is 1. The zero-order chi connectivity index (χ0) is 27.1. The van der Waals surface area contributed by atoms with Crippen LogP contribution in [0.4, 0.5) is 0 Å². The fourth-order valence-electron chi connectivity index (χ4n) is 6.06. The Morgan fingerprint density at radius 1 is 1.19 bits per heavy atom. The van der Waals surface area contributed by atoms with Gasteiger partial charge in [0.05, 0.1) is 17.5 Å². The lowest BCUT2D eigenvalue weighted by Gasteiger charge is -2.32. The number of benzene rings is 1. The fraction of sp³-hybridized carbons (Fsp3) is 0.720. The number of nitrogens with zero attached hydrogens (tertiary/aromatic N) is 4. The summed E-state index contributed by atoms with van der Waals surface area (Å²) >= 11 is 0. The number of fused-ring (bicyclic) bond motifs is 1. The molecule has 0 aromatic heterocycles. The quantitative estimate of drug-likeness (QED) is 0.154. The third-order valence-corrected chi connectivity index (χ3v) is 9.91. The summed E-state index contributed by atoms with van der Waals surface area (Å²) < 4.78 is 44.0. The normalized spacial score (nSPS) is 30.6. The maximum atomic E-state index is 13.6. The van der Waals surface area contributed by atoms with Crippen molar-refractivity contribution < 1.29 is 27.3 Å². The van der Waals surface area contributed by atoms with E-state index in [1.807, 2.05) is 58.0 Å². The number of ether oxygens (including phenoxy) is 1. The lowest BCUT2D eigenvalue weighted by atomic mass is 9.75. The van der Waals surface area contributed by atoms with Gasteiger partial charge in [-0.3, -0.25) is 4.79 Å². The lowest BCUT2D eigenvalue weighted by Crippen LogP contribution is -2.45. The summed E-state index contributed by atoms with van der Waals surface area (Å²) in [5, 5.41) is 4.09. The van der Waals surface area contributed by atoms with Crippen LogP contribution in [0.25, 0.3) is 10.4 Å². The highest BCUT2D eigenvalue weighted by Gasteiger charge is 2.61. The molecule has 0 amide bonds. The number of hydrogen-bond acceptors (Lipinski definition) is 7. The fourth-order valence-corrected chi connectivity index (χ4v) is 6.97. The van der Waals surface area contributed by atoms with E-state index in [0.29, 0.717) is 32.3 Å². The molecule has 1 aromatic rings. The molecule has 4 rings (SSSR count). The number of hydrogen-bond donors (Lipinski definition) is 0. The van der Waals surface area contributed by atoms with Crippen LogP contribution in [0.1, 0.15) is 52.5 Å². The Balaban J connectivity index is 1.53. The maximum Gasteiger partial charge on any atom is 0.457 e. The first-order valence-electron chi connectivity index (χ1n) is 12.9. The van der Waals surface area contributed by atoms with Gasteiger partial charge in [-0.25, -0.2) is 12.7 Å². The molecule has 0 spiro atoms. The first-order chi connectivity index (χ1) is 17.3. The van der Waals surface area contributed by atoms with Gasteiger partial charge in [0.25, 0.3) is 0 Å². The molecule has 4 unspecified atom stereocenters. The van der Waals surface area contributed by atoms with Crippen LogP contribution in [0.2, 0.25) is 6.32 Å². The Morgan fingerprint density at radius 3 is 2.43 bits per heavy atom. The summed E-state index contributed by atoms with van der Waals surface area (Å²) in [5.41, 5.74) is 8.09. The molecule has 12 heteroatoms. The number of carbonyl (C=O) groups is 1. The third-order valence-electron chi connectivity index (χ3n) is 8.68. The van der Waals surface area contributed by atoms with Crippen molar-refractivity contribution in [2.45, 2.75) is 76.6 Å². The molecule has 0 N–H and O–H groups in total. The van der Waals surface area contributed by atoms with E-state index in [-0.39, 0.29) is 37.9 Å². The van der Waals surface area contributed by atoms with Crippen LogP contribution in [0.5, 0.6) is 0 Å². The van der Waals surface area contributed by atoms with E-state index >= 15 is 0 Å². The van der Waals surface area contributed by atoms with Crippen molar-refractivity contribution in [2.24, 2.45) is 22.9 Å². The molecule has 4 atom stereocenters. The first kappa shape index (κ1) is 27.9. The predicted molar refractivity (Wildman–Crippen MR) is 140 cm³/mol. The van der Waals surface area contributed by atoms with E-state index in [0.717, 1.165) is 5.56 Å². The molecule has 202 valence electrons. The van der Waals surface area contributed by atoms with Gasteiger partial charge in [0.2, 0.25) is 10.0 Å². The molecule has 0 bridgehead atoms. The summed E-state index contributed by atoms with van der Waals surface area (Å²) in [4.78, 5) is 16.6. The second-order valence-electron chi connectivity index (χ2n) is 11.6. The Bertz CT molecular complexity index is 1140. The highest BCUT2D eigenvalue weighted by molar-refractivity contribution is 7.88. The van der Waals surface area contributed by atoms with E-state index in [1.54, 1.807) is 0 Å². The average Bonchev–Trinajstić information content (AvgIpc) is 3.41. The van der Waals surface area contributed by atoms with Crippen molar-refractivity contribution in [3.63, 3.8) is 0 Å². The van der Waals surface area contributed by atoms with Crippen LogP contribution in [-0.4, -0.2) is 61.9 Å². The average molecular weight is 532 g/mol. The summed E-state index contributed by atoms with van der Waals surface area (Å²) in [6.07, 6.45) is 3.31. The van der Waals surface area contributed by atoms with Crippen molar-refractivity contribution in [2.75, 3.05) is 19.3 Å². The van der Waals surface area contributed by atoms with E-state index < -0.39 is 32.7 Å². The number of sulfonamides is 1. The molecule has 1 aromatic carbocycles. The zero-order valence-electron chi connectivity index (χ0n) is 22.3. The molecule has 3 fully saturated rings. The first-order valence-corrected chi connectivity index (χ1v) is 14.7. The van der Waals surface area contributed by atoms with Gasteiger partial charge in [0, 0.05) is 18.0 Å². The molecular weight excluding hydrogens is 495 g/mol. The molecule has 3 aliphatic rings. The van der Waals surface area contributed by atoms with E-state index in [2.05, 4.69) is 10.0 Å². The summed E-state index contributed by atoms with van der Waals surface area (Å²) in [6, 6.07) is 9.34. The summed E-state index contributed by atoms with van der Waals surface area (Å²) in [5.74, 6) is -1.10. The van der Waals surface area contributed by atoms with Crippen LogP contribution in [0, 0.1) is 17.8 Å². The largest absolute Gasteiger partial charge is 0.460 e. The molecule has 1 aliphatic carbocycles. The zero-order valence-corrected chi connectivity index (χ0v) is 23.1. The minimum Gasteiger partial charge on any atom is -0.460 e. The lowest BCUT2D eigenvalue weighted by molar-refractivity contribution is -0.153. The van der Waals surface area contributed by atoms with Crippen LogP contribution in [-0.2, 0) is 35.5 Å². The molecule has 37 heavy (non-hydrogen) atoms. The van der Waals surface area contributed by atoms with Gasteiger partial charge in [0.1, 0.15) is 12.1 Å². The predicted octanol–water partition coefficient (Wildman–Crippen LogP) is 4.18. The van der Waals surface area contributed by atoms with Crippen molar-refractivity contribution in [1.29, 1.82) is 0 Å². The van der Waals surface area contributed by atoms with Crippen LogP contribution >= 0.6 is 0 Å². The van der Waals surface area contributed by atoms with Crippen molar-refractivity contribution >= 4 is 23.1 Å². The number of rotatable bonds is 9. The van der Waals surface area contributed by atoms with Crippen molar-refractivity contribution in [1.82, 2.24) is 4.31 Å². The molecule has 10 nitrogen and oxygen atoms in total. The summed E-state index contributed by atoms with van der Waals surface area (Å²) in [6.45, 7) is 8.70. The van der Waals surface area contributed by atoms with Gasteiger partial charge < -0.3 is 14.0 Å². The molecular formula is C25H37BN4O6S. The number of carbonyl (C=O) groups excluding carboxylic acids is 1. The van der Waals surface area contributed by atoms with Crippen LogP contribution < -0.4 is 0 Å². The van der Waals surface area contributed by atoms with E-state index in [1.165, 1.54) is 10.6 Å². The van der Waals surface area contributed by atoms with Gasteiger partial charge >= 0.3 is 13.1 Å². The highest BCUT2D eigenvalue weighted by atomic mass is 32.2. The smallest absolute Gasteiger partial charge is 0.457 e. The van der Waals surface area contributed by atoms with Gasteiger partial charge in [-0.2, -0.15) is 0 Å².